The molecular weight excluding hydrogens is 471 g/mol. The van der Waals surface area contributed by atoms with Gasteiger partial charge in [-0.3, -0.25) is 4.57 Å². The van der Waals surface area contributed by atoms with Crippen LogP contribution in [0.4, 0.5) is 0 Å². The van der Waals surface area contributed by atoms with E-state index >= 15 is 0 Å². The molecule has 0 radical (unpaired) electrons. The molecule has 2 heterocycles. The van der Waals surface area contributed by atoms with Gasteiger partial charge in [0.15, 0.2) is 13.5 Å². The van der Waals surface area contributed by atoms with Crippen molar-refractivity contribution in [1.82, 2.24) is 19.7 Å². The third kappa shape index (κ3) is 7.23. The Balaban J connectivity index is 2.13. The summed E-state index contributed by atoms with van der Waals surface area (Å²) in [4.78, 5) is 18.3. The number of rotatable bonds is 13. The van der Waals surface area contributed by atoms with Gasteiger partial charge < -0.3 is 18.3 Å². The average molecular weight is 507 g/mol. The molecule has 0 aliphatic heterocycles. The molecule has 12 heteroatoms. The second-order valence-electron chi connectivity index (χ2n) is 9.10. The zero-order chi connectivity index (χ0) is 24.0. The summed E-state index contributed by atoms with van der Waals surface area (Å²) in [5.41, 5.74) is 0.962. The molecule has 2 aromatic rings. The number of hydrogen-bond acceptors (Lipinski definition) is 8. The van der Waals surface area contributed by atoms with Crippen molar-refractivity contribution in [3.63, 3.8) is 0 Å². The first kappa shape index (κ1) is 27.2. The maximum absolute atomic E-state index is 13.0. The molecule has 0 spiro atoms. The van der Waals surface area contributed by atoms with Crippen LogP contribution in [-0.2, 0) is 18.0 Å². The lowest BCUT2D eigenvalue weighted by molar-refractivity contribution is 0.0637. The zero-order valence-electron chi connectivity index (χ0n) is 20.1. The summed E-state index contributed by atoms with van der Waals surface area (Å²) in [5.74, 6) is -0.0341. The maximum Gasteiger partial charge on any atom is 0.330 e. The summed E-state index contributed by atoms with van der Waals surface area (Å²) in [7, 11) is -5.12. The van der Waals surface area contributed by atoms with Gasteiger partial charge in [-0.2, -0.15) is 4.73 Å². The molecule has 0 saturated heterocycles. The Morgan fingerprint density at radius 1 is 1.12 bits per heavy atom. The lowest BCUT2D eigenvalue weighted by Crippen LogP contribution is -2.42. The van der Waals surface area contributed by atoms with Crippen LogP contribution in [0.25, 0.3) is 11.2 Å². The highest BCUT2D eigenvalue weighted by Gasteiger charge is 2.38. The minimum absolute atomic E-state index is 0.0341. The normalized spacial score (nSPS) is 14.1. The van der Waals surface area contributed by atoms with Gasteiger partial charge in [0.2, 0.25) is 5.65 Å². The number of fused-ring (bicyclic) bond motifs is 1. The molecule has 1 atom stereocenters. The van der Waals surface area contributed by atoms with Crippen LogP contribution in [0.1, 0.15) is 41.0 Å². The predicted molar refractivity (Wildman–Crippen MR) is 129 cm³/mol. The van der Waals surface area contributed by atoms with Crippen LogP contribution < -0.4 is 4.84 Å². The standard InChI is InChI=1S/C20H36ClN4O5PSi/c1-8-28-31(26,29-9-2)11-10-16(13-30-32(6,7)20(3,4)5)12-27-25-15-24-17-18(21)22-14-23-19(17)25/h14-16H,8-13H2,1-7H3. The quantitative estimate of drug-likeness (QED) is 0.207. The summed E-state index contributed by atoms with van der Waals surface area (Å²) < 4.78 is 31.8. The van der Waals surface area contributed by atoms with Gasteiger partial charge >= 0.3 is 7.60 Å². The van der Waals surface area contributed by atoms with Crippen LogP contribution in [-0.4, -0.2) is 60.6 Å². The highest BCUT2D eigenvalue weighted by atomic mass is 35.5. The molecule has 0 saturated carbocycles. The van der Waals surface area contributed by atoms with Gasteiger partial charge in [0.05, 0.1) is 19.4 Å². The van der Waals surface area contributed by atoms with Gasteiger partial charge in [0.1, 0.15) is 24.8 Å². The second-order valence-corrected chi connectivity index (χ2v) is 16.5. The van der Waals surface area contributed by atoms with Crippen LogP contribution in [0.3, 0.4) is 0 Å². The molecule has 0 amide bonds. The topological polar surface area (TPSA) is 97.6 Å². The van der Waals surface area contributed by atoms with Crippen LogP contribution in [0.5, 0.6) is 0 Å². The van der Waals surface area contributed by atoms with Crippen molar-refractivity contribution in [2.45, 2.75) is 59.2 Å². The van der Waals surface area contributed by atoms with Crippen molar-refractivity contribution in [2.24, 2.45) is 5.92 Å². The molecule has 0 N–H and O–H groups in total. The number of halogens is 1. The van der Waals surface area contributed by atoms with Gasteiger partial charge in [-0.15, -0.1) is 0 Å². The van der Waals surface area contributed by atoms with Crippen molar-refractivity contribution in [1.29, 1.82) is 0 Å². The monoisotopic (exact) mass is 506 g/mol. The largest absolute Gasteiger partial charge is 0.416 e. The number of aromatic nitrogens is 4. The van der Waals surface area contributed by atoms with Gasteiger partial charge in [-0.05, 0) is 38.4 Å². The highest BCUT2D eigenvalue weighted by molar-refractivity contribution is 7.53. The van der Waals surface area contributed by atoms with Gasteiger partial charge in [0, 0.05) is 12.5 Å². The first-order valence-corrected chi connectivity index (χ1v) is 15.9. The van der Waals surface area contributed by atoms with E-state index in [1.165, 1.54) is 17.4 Å². The van der Waals surface area contributed by atoms with Crippen LogP contribution in [0.2, 0.25) is 23.3 Å². The van der Waals surface area contributed by atoms with Crippen molar-refractivity contribution in [3.05, 3.63) is 17.8 Å². The van der Waals surface area contributed by atoms with Crippen molar-refractivity contribution in [2.75, 3.05) is 32.6 Å². The first-order chi connectivity index (χ1) is 14.9. The highest BCUT2D eigenvalue weighted by Crippen LogP contribution is 2.49. The Kier molecular flexibility index (Phi) is 9.69. The fourth-order valence-electron chi connectivity index (χ4n) is 2.72. The fraction of sp³-hybridized carbons (Fsp3) is 0.750. The van der Waals surface area contributed by atoms with E-state index in [0.29, 0.717) is 50.2 Å². The maximum atomic E-state index is 13.0. The molecule has 182 valence electrons. The molecule has 0 aromatic carbocycles. The fourth-order valence-corrected chi connectivity index (χ4v) is 5.79. The van der Waals surface area contributed by atoms with E-state index in [1.807, 2.05) is 13.8 Å². The molecular formula is C20H36ClN4O5PSi. The van der Waals surface area contributed by atoms with E-state index in [2.05, 4.69) is 48.8 Å². The third-order valence-corrected chi connectivity index (χ3v) is 12.5. The van der Waals surface area contributed by atoms with E-state index in [4.69, 9.17) is 29.9 Å². The van der Waals surface area contributed by atoms with Crippen molar-refractivity contribution >= 4 is 38.7 Å². The van der Waals surface area contributed by atoms with Gasteiger partial charge in [-0.1, -0.05) is 32.4 Å². The van der Waals surface area contributed by atoms with E-state index in [9.17, 15) is 4.57 Å². The minimum Gasteiger partial charge on any atom is -0.416 e. The predicted octanol–water partition coefficient (Wildman–Crippen LogP) is 5.20. The lowest BCUT2D eigenvalue weighted by atomic mass is 10.1. The smallest absolute Gasteiger partial charge is 0.330 e. The van der Waals surface area contributed by atoms with Crippen LogP contribution in [0, 0.1) is 5.92 Å². The van der Waals surface area contributed by atoms with Gasteiger partial charge in [-0.25, -0.2) is 15.0 Å². The summed E-state index contributed by atoms with van der Waals surface area (Å²) >= 11 is 6.08. The summed E-state index contributed by atoms with van der Waals surface area (Å²) in [6.07, 6.45) is 3.74. The zero-order valence-corrected chi connectivity index (χ0v) is 22.8. The Bertz CT molecular complexity index is 911. The van der Waals surface area contributed by atoms with E-state index in [1.54, 1.807) is 0 Å². The Hall–Kier alpha value is -1.03. The third-order valence-electron chi connectivity index (χ3n) is 5.66. The number of hydrogen-bond donors (Lipinski definition) is 0. The minimum atomic E-state index is -3.16. The molecule has 9 nitrogen and oxygen atoms in total. The summed E-state index contributed by atoms with van der Waals surface area (Å²) in [6, 6.07) is 0. The second kappa shape index (κ2) is 11.4. The SMILES string of the molecule is CCOP(=O)(CCC(COn1cnc2c(Cl)ncnc21)CO[Si](C)(C)C(C)(C)C)OCC. The Labute approximate surface area is 196 Å². The first-order valence-electron chi connectivity index (χ1n) is 10.9. The van der Waals surface area contributed by atoms with Crippen LogP contribution in [0.15, 0.2) is 12.7 Å². The molecule has 0 aliphatic rings. The molecule has 2 rings (SSSR count). The number of nitrogens with zero attached hydrogens (tertiary/aromatic N) is 4. The Morgan fingerprint density at radius 3 is 2.38 bits per heavy atom. The van der Waals surface area contributed by atoms with E-state index in [0.717, 1.165) is 0 Å². The van der Waals surface area contributed by atoms with Crippen molar-refractivity contribution < 1.29 is 22.9 Å². The number of imidazole rings is 1. The Morgan fingerprint density at radius 2 is 1.78 bits per heavy atom. The summed E-state index contributed by atoms with van der Waals surface area (Å²) in [6.45, 7) is 16.1. The van der Waals surface area contributed by atoms with E-state index in [-0.39, 0.29) is 16.1 Å². The summed E-state index contributed by atoms with van der Waals surface area (Å²) in [5, 5.41) is 0.350. The van der Waals surface area contributed by atoms with Gasteiger partial charge in [0.25, 0.3) is 0 Å². The average Bonchev–Trinajstić information content (AvgIpc) is 3.11. The molecule has 2 aromatic heterocycles. The van der Waals surface area contributed by atoms with Crippen molar-refractivity contribution in [3.8, 4) is 0 Å². The molecule has 0 fully saturated rings. The molecule has 32 heavy (non-hydrogen) atoms. The molecule has 1 unspecified atom stereocenters. The molecule has 0 bridgehead atoms. The van der Waals surface area contributed by atoms with Crippen LogP contribution >= 0.6 is 19.2 Å². The van der Waals surface area contributed by atoms with E-state index < -0.39 is 15.9 Å². The lowest BCUT2D eigenvalue weighted by Gasteiger charge is -2.37. The molecule has 0 aliphatic carbocycles.